The molecule has 0 aliphatic carbocycles. The zero-order valence-corrected chi connectivity index (χ0v) is 11.5. The van der Waals surface area contributed by atoms with Gasteiger partial charge in [0.2, 0.25) is 0 Å². The molecule has 1 fully saturated rings. The molecule has 0 aromatic heterocycles. The number of carbonyl (C=O) groups excluding carboxylic acids is 1. The fourth-order valence-corrected chi connectivity index (χ4v) is 2.22. The molecule has 98 valence electrons. The van der Waals surface area contributed by atoms with Gasteiger partial charge < -0.3 is 14.2 Å². The second kappa shape index (κ2) is 6.87. The first-order valence-electron chi connectivity index (χ1n) is 5.91. The van der Waals surface area contributed by atoms with Crippen molar-refractivity contribution in [3.8, 4) is 5.75 Å². The number of hydrogen-bond donors (Lipinski definition) is 0. The molecular weight excluding hydrogens is 300 g/mol. The van der Waals surface area contributed by atoms with E-state index in [1.807, 2.05) is 0 Å². The fourth-order valence-electron chi connectivity index (χ4n) is 1.75. The molecule has 1 unspecified atom stereocenters. The van der Waals surface area contributed by atoms with Crippen molar-refractivity contribution in [2.75, 3.05) is 13.4 Å². The molecule has 1 saturated heterocycles. The lowest BCUT2D eigenvalue weighted by molar-refractivity contribution is -0.190. The van der Waals surface area contributed by atoms with Crippen molar-refractivity contribution in [1.29, 1.82) is 0 Å². The first-order chi connectivity index (χ1) is 8.81. The highest BCUT2D eigenvalue weighted by Crippen LogP contribution is 2.27. The molecule has 18 heavy (non-hydrogen) atoms. The highest BCUT2D eigenvalue weighted by atomic mass is 79.9. The molecular formula is C13H15BrO4. The molecule has 0 N–H and O–H groups in total. The van der Waals surface area contributed by atoms with E-state index in [2.05, 4.69) is 15.9 Å². The van der Waals surface area contributed by atoms with Crippen LogP contribution in [0.25, 0.3) is 0 Å². The largest absolute Gasteiger partial charge is 0.466 e. The van der Waals surface area contributed by atoms with E-state index in [1.165, 1.54) is 0 Å². The molecule has 1 atom stereocenters. The Balaban J connectivity index is 1.84. The van der Waals surface area contributed by atoms with Crippen LogP contribution in [0.1, 0.15) is 29.6 Å². The number of halogens is 1. The molecule has 0 amide bonds. The van der Waals surface area contributed by atoms with Gasteiger partial charge in [-0.05, 0) is 41.3 Å². The van der Waals surface area contributed by atoms with Gasteiger partial charge in [0.15, 0.2) is 19.4 Å². The Labute approximate surface area is 114 Å². The van der Waals surface area contributed by atoms with Gasteiger partial charge in [-0.1, -0.05) is 12.1 Å². The van der Waals surface area contributed by atoms with Crippen LogP contribution in [0.15, 0.2) is 22.7 Å². The number of aldehydes is 1. The van der Waals surface area contributed by atoms with E-state index in [0.29, 0.717) is 15.8 Å². The van der Waals surface area contributed by atoms with Gasteiger partial charge >= 0.3 is 0 Å². The smallest absolute Gasteiger partial charge is 0.192 e. The Morgan fingerprint density at radius 2 is 2.33 bits per heavy atom. The van der Waals surface area contributed by atoms with Crippen molar-refractivity contribution in [2.24, 2.45) is 0 Å². The Hall–Kier alpha value is -0.910. The van der Waals surface area contributed by atoms with E-state index >= 15 is 0 Å². The molecule has 0 spiro atoms. The zero-order valence-electron chi connectivity index (χ0n) is 9.93. The molecule has 1 aliphatic heterocycles. The Kier molecular flexibility index (Phi) is 5.16. The van der Waals surface area contributed by atoms with Gasteiger partial charge in [0, 0.05) is 12.2 Å². The minimum absolute atomic E-state index is 0.117. The molecule has 1 aromatic carbocycles. The second-order valence-electron chi connectivity index (χ2n) is 4.00. The molecule has 1 aromatic rings. The third kappa shape index (κ3) is 3.54. The minimum Gasteiger partial charge on any atom is -0.466 e. The summed E-state index contributed by atoms with van der Waals surface area (Å²) in [5, 5.41) is 0. The standard InChI is InChI=1S/C13H15BrO4/c14-13-10(8-15)4-3-5-11(13)17-9-18-12-6-1-2-7-16-12/h3-5,8,12H,1-2,6-7,9H2. The van der Waals surface area contributed by atoms with E-state index in [-0.39, 0.29) is 13.1 Å². The fraction of sp³-hybridized carbons (Fsp3) is 0.462. The van der Waals surface area contributed by atoms with Crippen molar-refractivity contribution in [3.05, 3.63) is 28.2 Å². The van der Waals surface area contributed by atoms with Gasteiger partial charge in [0.05, 0.1) is 4.47 Å². The zero-order chi connectivity index (χ0) is 12.8. The number of hydrogen-bond acceptors (Lipinski definition) is 4. The second-order valence-corrected chi connectivity index (χ2v) is 4.80. The lowest BCUT2D eigenvalue weighted by Crippen LogP contribution is -2.24. The summed E-state index contributed by atoms with van der Waals surface area (Å²) in [6.45, 7) is 0.862. The van der Waals surface area contributed by atoms with Crippen LogP contribution in [0.2, 0.25) is 0 Å². The van der Waals surface area contributed by atoms with Crippen LogP contribution in [0.4, 0.5) is 0 Å². The summed E-state index contributed by atoms with van der Waals surface area (Å²) in [4.78, 5) is 10.8. The number of benzene rings is 1. The quantitative estimate of drug-likeness (QED) is 0.618. The number of ether oxygens (including phenoxy) is 3. The van der Waals surface area contributed by atoms with E-state index < -0.39 is 0 Å². The first-order valence-corrected chi connectivity index (χ1v) is 6.70. The van der Waals surface area contributed by atoms with Crippen molar-refractivity contribution < 1.29 is 19.0 Å². The first kappa shape index (κ1) is 13.5. The van der Waals surface area contributed by atoms with Crippen molar-refractivity contribution >= 4 is 22.2 Å². The summed E-state index contributed by atoms with van der Waals surface area (Å²) in [6, 6.07) is 5.26. The predicted octanol–water partition coefficient (Wildman–Crippen LogP) is 3.14. The topological polar surface area (TPSA) is 44.8 Å². The van der Waals surface area contributed by atoms with Crippen LogP contribution >= 0.6 is 15.9 Å². The third-order valence-corrected chi connectivity index (χ3v) is 3.58. The van der Waals surface area contributed by atoms with Crippen LogP contribution in [0, 0.1) is 0 Å². The SMILES string of the molecule is O=Cc1cccc(OCOC2CCCCO2)c1Br. The Morgan fingerprint density at radius 1 is 1.44 bits per heavy atom. The normalized spacial score (nSPS) is 19.5. The summed E-state index contributed by atoms with van der Waals surface area (Å²) >= 11 is 3.32. The maximum absolute atomic E-state index is 10.8. The maximum Gasteiger partial charge on any atom is 0.192 e. The van der Waals surface area contributed by atoms with E-state index in [0.717, 1.165) is 32.2 Å². The van der Waals surface area contributed by atoms with Gasteiger partial charge in [-0.2, -0.15) is 0 Å². The average molecular weight is 315 g/mol. The molecule has 4 nitrogen and oxygen atoms in total. The molecule has 2 rings (SSSR count). The van der Waals surface area contributed by atoms with Crippen LogP contribution < -0.4 is 4.74 Å². The van der Waals surface area contributed by atoms with Crippen LogP contribution in [0.3, 0.4) is 0 Å². The predicted molar refractivity (Wildman–Crippen MR) is 69.7 cm³/mol. The molecule has 0 bridgehead atoms. The van der Waals surface area contributed by atoms with Gasteiger partial charge in [0.25, 0.3) is 0 Å². The van der Waals surface area contributed by atoms with Gasteiger partial charge in [-0.25, -0.2) is 0 Å². The highest BCUT2D eigenvalue weighted by Gasteiger charge is 2.14. The molecule has 1 aliphatic rings. The third-order valence-electron chi connectivity index (χ3n) is 2.73. The summed E-state index contributed by atoms with van der Waals surface area (Å²) in [5.41, 5.74) is 0.557. The van der Waals surface area contributed by atoms with Crippen LogP contribution in [-0.2, 0) is 9.47 Å². The highest BCUT2D eigenvalue weighted by molar-refractivity contribution is 9.10. The average Bonchev–Trinajstić information content (AvgIpc) is 2.42. The van der Waals surface area contributed by atoms with E-state index in [1.54, 1.807) is 18.2 Å². The van der Waals surface area contributed by atoms with Gasteiger partial charge in [-0.15, -0.1) is 0 Å². The van der Waals surface area contributed by atoms with Crippen molar-refractivity contribution in [2.45, 2.75) is 25.6 Å². The Bertz CT molecular complexity index is 402. The minimum atomic E-state index is -0.174. The van der Waals surface area contributed by atoms with Crippen LogP contribution in [0.5, 0.6) is 5.75 Å². The molecule has 5 heteroatoms. The molecule has 0 saturated carbocycles. The molecule has 1 heterocycles. The van der Waals surface area contributed by atoms with Gasteiger partial charge in [-0.3, -0.25) is 4.79 Å². The number of rotatable bonds is 5. The summed E-state index contributed by atoms with van der Waals surface area (Å²) in [5.74, 6) is 0.593. The number of carbonyl (C=O) groups is 1. The summed E-state index contributed by atoms with van der Waals surface area (Å²) in [7, 11) is 0. The van der Waals surface area contributed by atoms with E-state index in [4.69, 9.17) is 14.2 Å². The van der Waals surface area contributed by atoms with Gasteiger partial charge in [0.1, 0.15) is 5.75 Å². The lowest BCUT2D eigenvalue weighted by atomic mass is 10.2. The maximum atomic E-state index is 10.8. The summed E-state index contributed by atoms with van der Waals surface area (Å²) in [6.07, 6.45) is 3.72. The lowest BCUT2D eigenvalue weighted by Gasteiger charge is -2.22. The van der Waals surface area contributed by atoms with Crippen molar-refractivity contribution in [1.82, 2.24) is 0 Å². The monoisotopic (exact) mass is 314 g/mol. The van der Waals surface area contributed by atoms with Crippen LogP contribution in [-0.4, -0.2) is 26.0 Å². The van der Waals surface area contributed by atoms with E-state index in [9.17, 15) is 4.79 Å². The summed E-state index contributed by atoms with van der Waals surface area (Å²) < 4.78 is 17.0. The molecule has 0 radical (unpaired) electrons. The Morgan fingerprint density at radius 3 is 3.06 bits per heavy atom. The van der Waals surface area contributed by atoms with Crippen molar-refractivity contribution in [3.63, 3.8) is 0 Å².